The van der Waals surface area contributed by atoms with E-state index in [-0.39, 0.29) is 11.6 Å². The van der Waals surface area contributed by atoms with E-state index >= 15 is 0 Å². The Balaban J connectivity index is 2.09. The highest BCUT2D eigenvalue weighted by Gasteiger charge is 2.55. The topological polar surface area (TPSA) is 26.3 Å². The number of ether oxygens (including phenoxy) is 1. The predicted octanol–water partition coefficient (Wildman–Crippen LogP) is 3.43. The summed E-state index contributed by atoms with van der Waals surface area (Å²) in [6.45, 7) is 0. The van der Waals surface area contributed by atoms with Crippen LogP contribution in [0.2, 0.25) is 0 Å². The van der Waals surface area contributed by atoms with Crippen LogP contribution in [-0.4, -0.2) is 9.89 Å². The molecule has 3 heteroatoms. The zero-order valence-electron chi connectivity index (χ0n) is 9.56. The molecular formula is C14H15IO2. The maximum atomic E-state index is 11.7. The van der Waals surface area contributed by atoms with E-state index in [0.29, 0.717) is 16.3 Å². The summed E-state index contributed by atoms with van der Waals surface area (Å²) in [6, 6.07) is 10.3. The smallest absolute Gasteiger partial charge is 0.307 e. The lowest BCUT2D eigenvalue weighted by Crippen LogP contribution is -2.44. The molecule has 1 aliphatic carbocycles. The van der Waals surface area contributed by atoms with E-state index in [1.165, 1.54) is 12.0 Å². The van der Waals surface area contributed by atoms with Crippen molar-refractivity contribution in [3.05, 3.63) is 35.9 Å². The minimum absolute atomic E-state index is 0.0255. The summed E-state index contributed by atoms with van der Waals surface area (Å²) in [5, 5.41) is 0. The normalized spacial score (nSPS) is 36.4. The second-order valence-electron chi connectivity index (χ2n) is 4.93. The van der Waals surface area contributed by atoms with Crippen LogP contribution in [0.4, 0.5) is 0 Å². The summed E-state index contributed by atoms with van der Waals surface area (Å²) in [7, 11) is 0. The first kappa shape index (κ1) is 11.5. The van der Waals surface area contributed by atoms with Crippen molar-refractivity contribution in [2.24, 2.45) is 5.92 Å². The summed E-state index contributed by atoms with van der Waals surface area (Å²) in [4.78, 5) is 11.7. The van der Waals surface area contributed by atoms with Crippen molar-refractivity contribution in [2.45, 2.75) is 35.2 Å². The van der Waals surface area contributed by atoms with Crippen molar-refractivity contribution in [2.75, 3.05) is 0 Å². The third-order valence-corrected chi connectivity index (χ3v) is 5.55. The Labute approximate surface area is 115 Å². The number of benzene rings is 1. The number of fused-ring (bicyclic) bond motifs is 1. The van der Waals surface area contributed by atoms with E-state index in [9.17, 15) is 4.79 Å². The van der Waals surface area contributed by atoms with Gasteiger partial charge in [-0.1, -0.05) is 59.3 Å². The first-order valence-electron chi connectivity index (χ1n) is 6.15. The number of halogens is 1. The molecule has 0 radical (unpaired) electrons. The van der Waals surface area contributed by atoms with Gasteiger partial charge in [-0.3, -0.25) is 4.79 Å². The molecule has 1 saturated carbocycles. The molecular weight excluding hydrogens is 327 g/mol. The molecule has 1 aromatic carbocycles. The largest absolute Gasteiger partial charge is 0.453 e. The van der Waals surface area contributed by atoms with Crippen molar-refractivity contribution in [3.8, 4) is 0 Å². The first-order chi connectivity index (χ1) is 8.23. The van der Waals surface area contributed by atoms with E-state index in [1.807, 2.05) is 18.2 Å². The van der Waals surface area contributed by atoms with Gasteiger partial charge in [0, 0.05) is 5.92 Å². The molecule has 0 N–H and O–H groups in total. The van der Waals surface area contributed by atoms with Crippen LogP contribution < -0.4 is 0 Å². The van der Waals surface area contributed by atoms with Gasteiger partial charge in [-0.25, -0.2) is 0 Å². The first-order valence-corrected chi connectivity index (χ1v) is 7.39. The molecule has 1 aliphatic heterocycles. The number of esters is 1. The molecule has 90 valence electrons. The lowest BCUT2D eigenvalue weighted by molar-refractivity contribution is -0.151. The average Bonchev–Trinajstić information content (AvgIpc) is 2.69. The summed E-state index contributed by atoms with van der Waals surface area (Å²) in [5.74, 6) is 0.343. The fourth-order valence-corrected chi connectivity index (χ4v) is 4.67. The molecule has 2 aliphatic rings. The minimum Gasteiger partial charge on any atom is -0.453 e. The predicted molar refractivity (Wildman–Crippen MR) is 74.0 cm³/mol. The molecule has 2 nitrogen and oxygen atoms in total. The van der Waals surface area contributed by atoms with Crippen LogP contribution in [0.1, 0.15) is 31.2 Å². The van der Waals surface area contributed by atoms with Gasteiger partial charge in [0.15, 0.2) is 5.60 Å². The van der Waals surface area contributed by atoms with E-state index in [0.717, 1.165) is 12.8 Å². The van der Waals surface area contributed by atoms with Crippen LogP contribution in [0, 0.1) is 5.92 Å². The minimum atomic E-state index is -0.350. The van der Waals surface area contributed by atoms with Crippen molar-refractivity contribution in [3.63, 3.8) is 0 Å². The zero-order chi connectivity index (χ0) is 11.9. The van der Waals surface area contributed by atoms with Gasteiger partial charge in [0.1, 0.15) is 0 Å². The second-order valence-corrected chi connectivity index (χ2v) is 6.44. The Morgan fingerprint density at radius 3 is 2.76 bits per heavy atom. The van der Waals surface area contributed by atoms with Gasteiger partial charge in [0.2, 0.25) is 0 Å². The lowest BCUT2D eigenvalue weighted by Gasteiger charge is -2.41. The average molecular weight is 342 g/mol. The molecule has 0 spiro atoms. The monoisotopic (exact) mass is 342 g/mol. The molecule has 2 fully saturated rings. The van der Waals surface area contributed by atoms with Crippen LogP contribution in [0.25, 0.3) is 0 Å². The molecule has 1 heterocycles. The summed E-state index contributed by atoms with van der Waals surface area (Å²) in [6.07, 6.45) is 4.05. The van der Waals surface area contributed by atoms with Gasteiger partial charge in [0.25, 0.3) is 0 Å². The third-order valence-electron chi connectivity index (χ3n) is 4.00. The molecule has 0 unspecified atom stereocenters. The van der Waals surface area contributed by atoms with Gasteiger partial charge in [-0.15, -0.1) is 0 Å². The summed E-state index contributed by atoms with van der Waals surface area (Å²) >= 11 is 2.46. The zero-order valence-corrected chi connectivity index (χ0v) is 11.7. The Kier molecular flexibility index (Phi) is 2.89. The standard InChI is InChI=1S/C14H15IO2/c15-12-8-4-7-11-9-13(16)17-14(11,12)10-5-2-1-3-6-10/h1-3,5-6,11-12H,4,7-9H2/t11-,12+,14+/m1/s1. The van der Waals surface area contributed by atoms with Crippen molar-refractivity contribution in [1.29, 1.82) is 0 Å². The molecule has 17 heavy (non-hydrogen) atoms. The van der Waals surface area contributed by atoms with Gasteiger partial charge < -0.3 is 4.74 Å². The van der Waals surface area contributed by atoms with E-state index in [4.69, 9.17) is 4.74 Å². The van der Waals surface area contributed by atoms with Gasteiger partial charge in [-0.05, 0) is 18.4 Å². The Morgan fingerprint density at radius 2 is 2.00 bits per heavy atom. The maximum absolute atomic E-state index is 11.7. The molecule has 0 aromatic heterocycles. The van der Waals surface area contributed by atoms with Crippen molar-refractivity contribution in [1.82, 2.24) is 0 Å². The number of rotatable bonds is 1. The highest BCUT2D eigenvalue weighted by Crippen LogP contribution is 2.53. The molecule has 1 saturated heterocycles. The van der Waals surface area contributed by atoms with E-state index < -0.39 is 0 Å². The summed E-state index contributed by atoms with van der Waals surface area (Å²) in [5.41, 5.74) is 0.826. The second kappa shape index (κ2) is 4.26. The maximum Gasteiger partial charge on any atom is 0.307 e. The van der Waals surface area contributed by atoms with Crippen molar-refractivity contribution >= 4 is 28.6 Å². The van der Waals surface area contributed by atoms with Crippen LogP contribution >= 0.6 is 22.6 Å². The molecule has 3 atom stereocenters. The Morgan fingerprint density at radius 1 is 1.24 bits per heavy atom. The molecule has 0 bridgehead atoms. The fraction of sp³-hybridized carbons (Fsp3) is 0.500. The fourth-order valence-electron chi connectivity index (χ4n) is 3.23. The Bertz CT molecular complexity index is 431. The quantitative estimate of drug-likeness (QED) is 0.444. The van der Waals surface area contributed by atoms with Crippen LogP contribution in [-0.2, 0) is 15.1 Å². The van der Waals surface area contributed by atoms with Crippen LogP contribution in [0.15, 0.2) is 30.3 Å². The van der Waals surface area contributed by atoms with E-state index in [1.54, 1.807) is 0 Å². The number of hydrogen-bond donors (Lipinski definition) is 0. The molecule has 0 amide bonds. The van der Waals surface area contributed by atoms with E-state index in [2.05, 4.69) is 34.7 Å². The SMILES string of the molecule is O=C1C[C@H]2CCC[C@H](I)[C@@]2(c2ccccc2)O1. The molecule has 3 rings (SSSR count). The summed E-state index contributed by atoms with van der Waals surface area (Å²) < 4.78 is 6.20. The number of carbonyl (C=O) groups is 1. The highest BCUT2D eigenvalue weighted by molar-refractivity contribution is 14.1. The van der Waals surface area contributed by atoms with Gasteiger partial charge in [0.05, 0.1) is 10.3 Å². The number of hydrogen-bond acceptors (Lipinski definition) is 2. The van der Waals surface area contributed by atoms with Crippen LogP contribution in [0.5, 0.6) is 0 Å². The highest BCUT2D eigenvalue weighted by atomic mass is 127. The number of carbonyl (C=O) groups excluding carboxylic acids is 1. The van der Waals surface area contributed by atoms with Gasteiger partial charge >= 0.3 is 5.97 Å². The third kappa shape index (κ3) is 1.70. The van der Waals surface area contributed by atoms with Gasteiger partial charge in [-0.2, -0.15) is 0 Å². The molecule has 1 aromatic rings. The van der Waals surface area contributed by atoms with Crippen molar-refractivity contribution < 1.29 is 9.53 Å². The Hall–Kier alpha value is -0.580. The number of alkyl halides is 1. The van der Waals surface area contributed by atoms with Crippen LogP contribution in [0.3, 0.4) is 0 Å². The lowest BCUT2D eigenvalue weighted by atomic mass is 9.71.